The molecule has 29 heavy (non-hydrogen) atoms. The van der Waals surface area contributed by atoms with Crippen molar-refractivity contribution >= 4 is 27.5 Å². The molecule has 1 aromatic carbocycles. The molecule has 0 saturated heterocycles. The minimum atomic E-state index is -0.475. The smallest absolute Gasteiger partial charge is 0.348 e. The number of methoxy groups -OCH3 is 1. The maximum Gasteiger partial charge on any atom is 0.348 e. The first-order chi connectivity index (χ1) is 13.9. The Kier molecular flexibility index (Phi) is 6.22. The van der Waals surface area contributed by atoms with Crippen LogP contribution in [0.5, 0.6) is 5.75 Å². The van der Waals surface area contributed by atoms with E-state index in [1.165, 1.54) is 4.57 Å². The summed E-state index contributed by atoms with van der Waals surface area (Å²) in [5.74, 6) is 0.271. The SMILES string of the molecule is CCOC(=O)c1sc2c(c1C)c(=O)n(CC)c(=O)n2CCc1ccccc1OC. The Bertz CT molecular complexity index is 1170. The largest absolute Gasteiger partial charge is 0.496 e. The molecule has 0 bridgehead atoms. The highest BCUT2D eigenvalue weighted by Gasteiger charge is 2.23. The first-order valence-corrected chi connectivity index (χ1v) is 10.3. The number of rotatable bonds is 7. The first-order valence-electron chi connectivity index (χ1n) is 9.50. The minimum Gasteiger partial charge on any atom is -0.496 e. The molecule has 7 nitrogen and oxygen atoms in total. The van der Waals surface area contributed by atoms with Crippen LogP contribution in [0.25, 0.3) is 10.2 Å². The van der Waals surface area contributed by atoms with Crippen molar-refractivity contribution in [3.8, 4) is 5.75 Å². The Labute approximate surface area is 172 Å². The number of esters is 1. The molecule has 0 aliphatic carbocycles. The second kappa shape index (κ2) is 8.65. The van der Waals surface area contributed by atoms with Gasteiger partial charge in [0.1, 0.15) is 15.5 Å². The molecule has 0 unspecified atom stereocenters. The Morgan fingerprint density at radius 3 is 2.52 bits per heavy atom. The van der Waals surface area contributed by atoms with Crippen LogP contribution < -0.4 is 16.0 Å². The number of thiophene rings is 1. The molecular formula is C21H24N2O5S. The Hall–Kier alpha value is -2.87. The second-order valence-electron chi connectivity index (χ2n) is 6.50. The summed E-state index contributed by atoms with van der Waals surface area (Å²) >= 11 is 1.14. The van der Waals surface area contributed by atoms with E-state index < -0.39 is 5.97 Å². The third kappa shape index (κ3) is 3.72. The fraction of sp³-hybridized carbons (Fsp3) is 0.381. The number of nitrogens with zero attached hydrogens (tertiary/aromatic N) is 2. The number of para-hydroxylation sites is 1. The fourth-order valence-corrected chi connectivity index (χ4v) is 4.62. The molecule has 0 amide bonds. The van der Waals surface area contributed by atoms with E-state index in [4.69, 9.17) is 9.47 Å². The Morgan fingerprint density at radius 2 is 1.86 bits per heavy atom. The molecule has 0 atom stereocenters. The molecule has 3 aromatic rings. The van der Waals surface area contributed by atoms with E-state index in [1.807, 2.05) is 24.3 Å². The second-order valence-corrected chi connectivity index (χ2v) is 7.50. The molecule has 0 N–H and O–H groups in total. The van der Waals surface area contributed by atoms with Crippen molar-refractivity contribution in [1.82, 2.24) is 9.13 Å². The number of fused-ring (bicyclic) bond motifs is 1. The van der Waals surface area contributed by atoms with Crippen LogP contribution in [-0.4, -0.2) is 28.8 Å². The maximum atomic E-state index is 13.0. The number of aromatic nitrogens is 2. The normalized spacial score (nSPS) is 11.0. The van der Waals surface area contributed by atoms with Gasteiger partial charge in [0, 0.05) is 13.1 Å². The van der Waals surface area contributed by atoms with Gasteiger partial charge in [-0.05, 0) is 44.4 Å². The zero-order valence-corrected chi connectivity index (χ0v) is 17.8. The molecule has 0 saturated carbocycles. The number of benzene rings is 1. The number of hydrogen-bond donors (Lipinski definition) is 0. The summed E-state index contributed by atoms with van der Waals surface area (Å²) in [6.07, 6.45) is 0.548. The zero-order chi connectivity index (χ0) is 21.1. The monoisotopic (exact) mass is 416 g/mol. The summed E-state index contributed by atoms with van der Waals surface area (Å²) in [4.78, 5) is 39.1. The molecular weight excluding hydrogens is 392 g/mol. The predicted octanol–water partition coefficient (Wildman–Crippen LogP) is 2.98. The van der Waals surface area contributed by atoms with Crippen LogP contribution in [0.1, 0.15) is 34.6 Å². The summed E-state index contributed by atoms with van der Waals surface area (Å²) in [7, 11) is 1.61. The van der Waals surface area contributed by atoms with E-state index in [0.717, 1.165) is 22.6 Å². The van der Waals surface area contributed by atoms with Crippen LogP contribution in [0, 0.1) is 6.92 Å². The highest BCUT2D eigenvalue weighted by molar-refractivity contribution is 7.20. The zero-order valence-electron chi connectivity index (χ0n) is 17.0. The van der Waals surface area contributed by atoms with Crippen molar-refractivity contribution in [1.29, 1.82) is 0 Å². The third-order valence-corrected chi connectivity index (χ3v) is 6.16. The lowest BCUT2D eigenvalue weighted by Gasteiger charge is -2.12. The molecule has 2 heterocycles. The highest BCUT2D eigenvalue weighted by Crippen LogP contribution is 2.29. The highest BCUT2D eigenvalue weighted by atomic mass is 32.1. The summed E-state index contributed by atoms with van der Waals surface area (Å²) in [6.45, 7) is 6.07. The van der Waals surface area contributed by atoms with Crippen molar-refractivity contribution < 1.29 is 14.3 Å². The van der Waals surface area contributed by atoms with Gasteiger partial charge in [-0.2, -0.15) is 0 Å². The van der Waals surface area contributed by atoms with Crippen LogP contribution in [0.2, 0.25) is 0 Å². The molecule has 0 radical (unpaired) electrons. The molecule has 0 fully saturated rings. The van der Waals surface area contributed by atoms with Gasteiger partial charge in [0.15, 0.2) is 0 Å². The maximum absolute atomic E-state index is 13.0. The van der Waals surface area contributed by atoms with E-state index >= 15 is 0 Å². The van der Waals surface area contributed by atoms with Crippen LogP contribution >= 0.6 is 11.3 Å². The average Bonchev–Trinajstić information content (AvgIpc) is 3.06. The number of hydrogen-bond acceptors (Lipinski definition) is 6. The van der Waals surface area contributed by atoms with Gasteiger partial charge in [-0.1, -0.05) is 18.2 Å². The van der Waals surface area contributed by atoms with Crippen molar-refractivity contribution in [2.75, 3.05) is 13.7 Å². The predicted molar refractivity (Wildman–Crippen MR) is 113 cm³/mol. The van der Waals surface area contributed by atoms with E-state index in [0.29, 0.717) is 33.6 Å². The van der Waals surface area contributed by atoms with Crippen LogP contribution in [0.15, 0.2) is 33.9 Å². The van der Waals surface area contributed by atoms with Crippen molar-refractivity contribution in [2.24, 2.45) is 0 Å². The average molecular weight is 416 g/mol. The molecule has 3 rings (SSSR count). The lowest BCUT2D eigenvalue weighted by molar-refractivity contribution is 0.0531. The van der Waals surface area contributed by atoms with Crippen molar-refractivity contribution in [2.45, 2.75) is 40.3 Å². The van der Waals surface area contributed by atoms with E-state index in [-0.39, 0.29) is 24.4 Å². The van der Waals surface area contributed by atoms with Gasteiger partial charge in [-0.25, -0.2) is 9.59 Å². The Morgan fingerprint density at radius 1 is 1.14 bits per heavy atom. The summed E-state index contributed by atoms with van der Waals surface area (Å²) in [6, 6.07) is 7.62. The van der Waals surface area contributed by atoms with Crippen LogP contribution in [0.3, 0.4) is 0 Å². The van der Waals surface area contributed by atoms with Crippen molar-refractivity contribution in [3.05, 3.63) is 61.1 Å². The number of carbonyl (C=O) groups excluding carboxylic acids is 1. The Balaban J connectivity index is 2.17. The standard InChI is InChI=1S/C21H24N2O5S/c1-5-22-18(24)16-13(3)17(20(25)28-6-2)29-19(16)23(21(22)26)12-11-14-9-7-8-10-15(14)27-4/h7-10H,5-6,11-12H2,1-4H3. The lowest BCUT2D eigenvalue weighted by Crippen LogP contribution is -2.39. The van der Waals surface area contributed by atoms with Gasteiger partial charge < -0.3 is 9.47 Å². The van der Waals surface area contributed by atoms with Gasteiger partial charge >= 0.3 is 11.7 Å². The van der Waals surface area contributed by atoms with Crippen LogP contribution in [0.4, 0.5) is 0 Å². The van der Waals surface area contributed by atoms with E-state index in [1.54, 1.807) is 32.4 Å². The number of aryl methyl sites for hydroxylation is 3. The number of carbonyl (C=O) groups is 1. The summed E-state index contributed by atoms with van der Waals surface area (Å²) in [5.41, 5.74) is 0.770. The molecule has 2 aromatic heterocycles. The van der Waals surface area contributed by atoms with Gasteiger partial charge in [-0.15, -0.1) is 11.3 Å². The van der Waals surface area contributed by atoms with E-state index in [2.05, 4.69) is 0 Å². The van der Waals surface area contributed by atoms with E-state index in [9.17, 15) is 14.4 Å². The fourth-order valence-electron chi connectivity index (χ4n) is 3.40. The molecule has 0 aliphatic heterocycles. The van der Waals surface area contributed by atoms with Gasteiger partial charge in [0.05, 0.1) is 19.1 Å². The quantitative estimate of drug-likeness (QED) is 0.553. The molecule has 0 spiro atoms. The molecule has 0 aliphatic rings. The molecule has 154 valence electrons. The minimum absolute atomic E-state index is 0.242. The third-order valence-electron chi connectivity index (χ3n) is 4.87. The van der Waals surface area contributed by atoms with Crippen LogP contribution in [-0.2, 0) is 24.2 Å². The van der Waals surface area contributed by atoms with Crippen molar-refractivity contribution in [3.63, 3.8) is 0 Å². The first kappa shape index (κ1) is 20.9. The topological polar surface area (TPSA) is 79.5 Å². The summed E-state index contributed by atoms with van der Waals surface area (Å²) in [5, 5.41) is 0.402. The van der Waals surface area contributed by atoms with Gasteiger partial charge in [0.2, 0.25) is 0 Å². The summed E-state index contributed by atoms with van der Waals surface area (Å²) < 4.78 is 13.3. The number of ether oxygens (including phenoxy) is 2. The van der Waals surface area contributed by atoms with Gasteiger partial charge in [-0.3, -0.25) is 13.9 Å². The lowest BCUT2D eigenvalue weighted by atomic mass is 10.1. The molecule has 8 heteroatoms. The van der Waals surface area contributed by atoms with Gasteiger partial charge in [0.25, 0.3) is 5.56 Å².